The minimum atomic E-state index is 0. The maximum absolute atomic E-state index is 2.30. The van der Waals surface area contributed by atoms with Crippen LogP contribution in [0.4, 0.5) is 0 Å². The average molecular weight is 619 g/mol. The van der Waals surface area contributed by atoms with Gasteiger partial charge in [0.1, 0.15) is 0 Å². The number of hydrogen-bond donors (Lipinski definition) is 0. The summed E-state index contributed by atoms with van der Waals surface area (Å²) in [6, 6.07) is 0. The van der Waals surface area contributed by atoms with E-state index in [2.05, 4.69) is 16.0 Å². The molecular weight excluding hydrogens is 619 g/mol. The molecule has 0 nitrogen and oxygen atoms in total. The van der Waals surface area contributed by atoms with Crippen LogP contribution in [-0.2, 0) is 46.4 Å². The Balaban J connectivity index is 0. The van der Waals surface area contributed by atoms with E-state index in [1.165, 1.54) is 0 Å². The van der Waals surface area contributed by atoms with E-state index in [0.29, 0.717) is 12.5 Å². The van der Waals surface area contributed by atoms with Crippen LogP contribution in [0.2, 0.25) is 0 Å². The van der Waals surface area contributed by atoms with Crippen molar-refractivity contribution >= 4 is 0 Å². The van der Waals surface area contributed by atoms with Crippen LogP contribution in [0.25, 0.3) is 0 Å². The SMILES string of the molecule is [Sm].[Ta][Mo][Ir]. The van der Waals surface area contributed by atoms with Gasteiger partial charge in [-0.2, -0.15) is 0 Å². The molecule has 0 radical (unpaired) electrons. The molecule has 0 N–H and O–H groups in total. The summed E-state index contributed by atoms with van der Waals surface area (Å²) in [5.41, 5.74) is 0. The Morgan fingerprint density at radius 2 is 1.75 bits per heavy atom. The summed E-state index contributed by atoms with van der Waals surface area (Å²) in [4.78, 5) is 0. The van der Waals surface area contributed by atoms with Gasteiger partial charge in [-0.1, -0.05) is 0 Å². The molecule has 0 aromatic heterocycles. The van der Waals surface area contributed by atoms with Gasteiger partial charge in [0.2, 0.25) is 0 Å². The Kier molecular flexibility index (Phi) is 25.1. The van der Waals surface area contributed by atoms with Gasteiger partial charge in [0.15, 0.2) is 0 Å². The average Bonchev–Trinajstić information content (AvgIpc) is 0.918. The second kappa shape index (κ2) is 9.65. The van der Waals surface area contributed by atoms with Crippen LogP contribution in [-0.4, -0.2) is 0 Å². The van der Waals surface area contributed by atoms with E-state index in [-0.39, 0.29) is 40.4 Å². The molecule has 0 amide bonds. The van der Waals surface area contributed by atoms with Gasteiger partial charge in [-0.05, 0) is 0 Å². The van der Waals surface area contributed by atoms with Gasteiger partial charge in [-0.15, -0.1) is 0 Å². The van der Waals surface area contributed by atoms with Crippen molar-refractivity contribution in [3.05, 3.63) is 0 Å². The van der Waals surface area contributed by atoms with Gasteiger partial charge in [0.25, 0.3) is 0 Å². The zero-order valence-corrected chi connectivity index (χ0v) is 11.8. The molecule has 0 rings (SSSR count). The summed E-state index contributed by atoms with van der Waals surface area (Å²) >= 11 is 4.54. The van der Waals surface area contributed by atoms with E-state index in [0.717, 1.165) is 0 Å². The molecule has 0 aliphatic carbocycles. The molecule has 0 spiro atoms. The van der Waals surface area contributed by atoms with E-state index in [4.69, 9.17) is 0 Å². The Bertz CT molecular complexity index is 8.00. The fourth-order valence-corrected chi connectivity index (χ4v) is 0. The topological polar surface area (TPSA) is 0 Å². The Labute approximate surface area is 84.4 Å². The molecule has 0 aliphatic heterocycles. The molecule has 0 saturated carbocycles. The Morgan fingerprint density at radius 3 is 1.75 bits per heavy atom. The van der Waals surface area contributed by atoms with Crippen molar-refractivity contribution in [2.75, 3.05) is 0 Å². The summed E-state index contributed by atoms with van der Waals surface area (Å²) in [7, 11) is 0. The van der Waals surface area contributed by atoms with Crippen LogP contribution in [0.3, 0.4) is 0 Å². The first-order valence-electron chi connectivity index (χ1n) is 0.319. The molecule has 0 aromatic carbocycles. The Hall–Kier alpha value is 3.42. The summed E-state index contributed by atoms with van der Waals surface area (Å²) in [6.45, 7) is 0. The van der Waals surface area contributed by atoms with Crippen LogP contribution in [0.1, 0.15) is 0 Å². The molecule has 0 fully saturated rings. The zero-order chi connectivity index (χ0) is 2.71. The van der Waals surface area contributed by atoms with E-state index in [1.807, 2.05) is 0 Å². The molecule has 0 heterocycles. The van der Waals surface area contributed by atoms with E-state index in [9.17, 15) is 0 Å². The third-order valence-corrected chi connectivity index (χ3v) is 0. The van der Waals surface area contributed by atoms with Gasteiger partial charge < -0.3 is 0 Å². The summed E-state index contributed by atoms with van der Waals surface area (Å²) in [5.74, 6) is 0. The second-order valence-electron chi connectivity index (χ2n) is 0.0609. The molecule has 0 unspecified atom stereocenters. The van der Waals surface area contributed by atoms with Crippen molar-refractivity contribution in [1.82, 2.24) is 0 Å². The van der Waals surface area contributed by atoms with Crippen LogP contribution >= 0.6 is 0 Å². The van der Waals surface area contributed by atoms with E-state index in [1.54, 1.807) is 18.0 Å². The Morgan fingerprint density at radius 1 is 1.75 bits per heavy atom. The minimum absolute atomic E-state index is 0. The van der Waals surface area contributed by atoms with Crippen molar-refractivity contribution in [2.45, 2.75) is 0 Å². The van der Waals surface area contributed by atoms with Gasteiger partial charge in [-0.25, -0.2) is 0 Å². The third-order valence-electron chi connectivity index (χ3n) is 0. The first-order valence-corrected chi connectivity index (χ1v) is 15.4. The summed E-state index contributed by atoms with van der Waals surface area (Å²) < 4.78 is 0. The van der Waals surface area contributed by atoms with E-state index < -0.39 is 0 Å². The fraction of sp³-hybridized carbons (Fsp3) is 0. The molecule has 4 heavy (non-hydrogen) atoms. The molecule has 0 aromatic rings. The van der Waals surface area contributed by atoms with Gasteiger partial charge in [-0.3, -0.25) is 0 Å². The monoisotopic (exact) mass is 624 g/mol. The van der Waals surface area contributed by atoms with Crippen LogP contribution in [0.15, 0.2) is 0 Å². The molecule has 0 saturated heterocycles. The second-order valence-corrected chi connectivity index (χ2v) is 24.1. The predicted octanol–water partition coefficient (Wildman–Crippen LogP) is -0.00750. The van der Waals surface area contributed by atoms with Crippen LogP contribution in [0, 0.1) is 40.4 Å². The molecule has 0 atom stereocenters. The van der Waals surface area contributed by atoms with Crippen LogP contribution < -0.4 is 0 Å². The first-order chi connectivity index (χ1) is 1.41. The summed E-state index contributed by atoms with van der Waals surface area (Å²) in [6.07, 6.45) is 0. The molecule has 0 bridgehead atoms. The van der Waals surface area contributed by atoms with E-state index >= 15 is 0 Å². The predicted molar refractivity (Wildman–Crippen MR) is 0 cm³/mol. The molecule has 4 heteroatoms. The van der Waals surface area contributed by atoms with Crippen LogP contribution in [0.5, 0.6) is 0 Å². The van der Waals surface area contributed by atoms with Crippen molar-refractivity contribution in [2.24, 2.45) is 0 Å². The van der Waals surface area contributed by atoms with Crippen molar-refractivity contribution < 1.29 is 86.8 Å². The third kappa shape index (κ3) is 9.05. The van der Waals surface area contributed by atoms with Crippen molar-refractivity contribution in [3.63, 3.8) is 0 Å². The van der Waals surface area contributed by atoms with Crippen molar-refractivity contribution in [3.8, 4) is 0 Å². The number of hydrogen-bond acceptors (Lipinski definition) is 0. The number of rotatable bonds is 0. The molecular formula is IrMoSmTa. The molecule has 26 valence electrons. The fourth-order valence-electron chi connectivity index (χ4n) is 0. The van der Waals surface area contributed by atoms with Gasteiger partial charge >= 0.3 is 46.4 Å². The quantitative estimate of drug-likeness (QED) is 0.335. The standard InChI is InChI=1S/Ir.Mo.Sm.Ta. The zero-order valence-electron chi connectivity index (χ0n) is 1.60. The van der Waals surface area contributed by atoms with Crippen molar-refractivity contribution in [1.29, 1.82) is 0 Å². The van der Waals surface area contributed by atoms with Gasteiger partial charge in [0, 0.05) is 40.4 Å². The molecule has 0 aliphatic rings. The van der Waals surface area contributed by atoms with Gasteiger partial charge in [0.05, 0.1) is 0 Å². The first kappa shape index (κ1) is 10.4. The normalized spacial score (nSPS) is 4.50. The maximum atomic E-state index is 2.30. The summed E-state index contributed by atoms with van der Waals surface area (Å²) in [5, 5.41) is 0.